The topological polar surface area (TPSA) is 512 Å². The van der Waals surface area contributed by atoms with E-state index in [0.717, 1.165) is 0 Å². The van der Waals surface area contributed by atoms with Gasteiger partial charge >= 0.3 is 0 Å². The van der Waals surface area contributed by atoms with E-state index in [-0.39, 0.29) is 30.8 Å². The monoisotopic (exact) mass is 1090 g/mol. The predicted molar refractivity (Wildman–Crippen MR) is 272 cm³/mol. The van der Waals surface area contributed by atoms with Crippen LogP contribution in [0.3, 0.4) is 0 Å². The molecule has 1 aromatic carbocycles. The number of imidazole rings is 1. The standard InChI is InChI=1S/C45H70N16O14S/c1-21(2)36(45(75)58-28(13-24-16-51-20-54-24)42(72)59-31(19-76)44(74)61-37(22(3)62)38(50)68)60-35(67)18-53-41(71)29(14-32(48)64)55-34(66)17-52-40(70)27(12-23-7-9-25(63)10-8-23)57-43(73)30(15-33(49)65)56-39(69)26(47)6-4-5-11-46/h7-10,16,20-22,26-31,36-37,62-63,76H,4-6,11-15,17-19,46-47H2,1-3H3,(H2,48,64)(H2,49,65)(H2,50,68)(H,51,54)(H,52,70)(H,53,71)(H,55,66)(H,56,69)(H,57,73)(H,58,75)(H,59,72)(H,60,67)(H,61,74). The van der Waals surface area contributed by atoms with Crippen LogP contribution in [0.2, 0.25) is 0 Å². The zero-order valence-electron chi connectivity index (χ0n) is 42.1. The number of hydrogen-bond acceptors (Lipinski definition) is 18. The molecular weight excluding hydrogens is 1020 g/mol. The van der Waals surface area contributed by atoms with Crippen LogP contribution in [0.5, 0.6) is 5.75 Å². The molecule has 9 atom stereocenters. The van der Waals surface area contributed by atoms with Gasteiger partial charge in [-0.2, -0.15) is 12.6 Å². The van der Waals surface area contributed by atoms with Gasteiger partial charge in [-0.25, -0.2) is 4.98 Å². The Balaban J connectivity index is 2.17. The molecule has 0 aliphatic carbocycles. The van der Waals surface area contributed by atoms with Crippen molar-refractivity contribution in [3.63, 3.8) is 0 Å². The zero-order valence-corrected chi connectivity index (χ0v) is 43.0. The first-order chi connectivity index (χ1) is 35.8. The number of aliphatic hydroxyl groups excluding tert-OH is 1. The van der Waals surface area contributed by atoms with Crippen LogP contribution >= 0.6 is 12.6 Å². The van der Waals surface area contributed by atoms with Crippen molar-refractivity contribution in [2.45, 2.75) is 120 Å². The number of nitrogens with one attached hydrogen (secondary N) is 10. The highest BCUT2D eigenvalue weighted by atomic mass is 32.1. The number of hydrogen-bond donors (Lipinski definition) is 18. The van der Waals surface area contributed by atoms with Crippen molar-refractivity contribution >= 4 is 83.5 Å². The van der Waals surface area contributed by atoms with Gasteiger partial charge in [0, 0.05) is 30.5 Å². The minimum Gasteiger partial charge on any atom is -0.508 e. The van der Waals surface area contributed by atoms with E-state index in [0.29, 0.717) is 30.6 Å². The number of benzene rings is 1. The number of aromatic amines is 1. The number of H-pyrrole nitrogens is 1. The first-order valence-electron chi connectivity index (χ1n) is 23.8. The van der Waals surface area contributed by atoms with Crippen LogP contribution in [0.1, 0.15) is 64.1 Å². The lowest BCUT2D eigenvalue weighted by molar-refractivity contribution is -0.135. The molecule has 76 heavy (non-hydrogen) atoms. The minimum absolute atomic E-state index is 0.116. The largest absolute Gasteiger partial charge is 0.508 e. The van der Waals surface area contributed by atoms with Gasteiger partial charge in [0.05, 0.1) is 44.4 Å². The van der Waals surface area contributed by atoms with E-state index in [4.69, 9.17) is 28.7 Å². The Morgan fingerprint density at radius 3 is 1.63 bits per heavy atom. The molecule has 31 heteroatoms. The fraction of sp³-hybridized carbons (Fsp3) is 0.533. The summed E-state index contributed by atoms with van der Waals surface area (Å²) < 4.78 is 0. The molecule has 420 valence electrons. The molecule has 0 saturated carbocycles. The van der Waals surface area contributed by atoms with Gasteiger partial charge in [0.25, 0.3) is 0 Å². The van der Waals surface area contributed by atoms with Crippen LogP contribution in [0.15, 0.2) is 36.8 Å². The maximum Gasteiger partial charge on any atom is 0.244 e. The molecule has 22 N–H and O–H groups in total. The fourth-order valence-corrected chi connectivity index (χ4v) is 7.17. The Labute approximate surface area is 441 Å². The average molecular weight is 1090 g/mol. The normalized spacial score (nSPS) is 14.5. The summed E-state index contributed by atoms with van der Waals surface area (Å²) >= 11 is 4.10. The molecule has 2 rings (SSSR count). The molecule has 2 aromatic rings. The van der Waals surface area contributed by atoms with Gasteiger partial charge in [0.2, 0.25) is 70.9 Å². The number of thiol groups is 1. The second-order valence-corrected chi connectivity index (χ2v) is 18.1. The summed E-state index contributed by atoms with van der Waals surface area (Å²) in [5.41, 5.74) is 28.2. The highest BCUT2D eigenvalue weighted by Gasteiger charge is 2.34. The van der Waals surface area contributed by atoms with Gasteiger partial charge in [-0.3, -0.25) is 57.5 Å². The zero-order chi connectivity index (χ0) is 57.2. The number of aromatic nitrogens is 2. The second-order valence-electron chi connectivity index (χ2n) is 17.8. The molecule has 0 radical (unpaired) electrons. The summed E-state index contributed by atoms with van der Waals surface area (Å²) in [6, 6.07) is -6.07. The lowest BCUT2D eigenvalue weighted by Crippen LogP contribution is -2.61. The van der Waals surface area contributed by atoms with E-state index in [1.165, 1.54) is 43.7 Å². The Morgan fingerprint density at radius 2 is 1.12 bits per heavy atom. The number of nitrogens with zero attached hydrogens (tertiary/aromatic N) is 1. The number of carbonyl (C=O) groups excluding carboxylic acids is 12. The number of carbonyl (C=O) groups is 12. The summed E-state index contributed by atoms with van der Waals surface area (Å²) in [4.78, 5) is 162. The molecule has 0 saturated heterocycles. The van der Waals surface area contributed by atoms with Gasteiger partial charge in [-0.1, -0.05) is 32.4 Å². The summed E-state index contributed by atoms with van der Waals surface area (Å²) in [7, 11) is 0. The summed E-state index contributed by atoms with van der Waals surface area (Å²) in [5, 5.41) is 40.8. The number of unbranched alkanes of at least 4 members (excludes halogenated alkanes) is 1. The van der Waals surface area contributed by atoms with Crippen molar-refractivity contribution in [3.05, 3.63) is 48.0 Å². The van der Waals surface area contributed by atoms with Crippen LogP contribution in [-0.2, 0) is 70.4 Å². The highest BCUT2D eigenvalue weighted by molar-refractivity contribution is 7.80. The molecule has 0 aliphatic heterocycles. The van der Waals surface area contributed by atoms with Crippen molar-refractivity contribution in [3.8, 4) is 5.75 Å². The minimum atomic E-state index is -1.72. The Kier molecular flexibility index (Phi) is 27.4. The van der Waals surface area contributed by atoms with E-state index >= 15 is 0 Å². The lowest BCUT2D eigenvalue weighted by Gasteiger charge is -2.27. The quantitative estimate of drug-likeness (QED) is 0.0229. The Hall–Kier alpha value is -7.90. The lowest BCUT2D eigenvalue weighted by atomic mass is 10.0. The van der Waals surface area contributed by atoms with E-state index in [2.05, 4.69) is 70.4 Å². The number of phenolic OH excluding ortho intramolecular Hbond substituents is 1. The number of phenols is 1. The SMILES string of the molecule is CC(C)C(NC(=O)CNC(=O)C(CC(N)=O)NC(=O)CNC(=O)C(Cc1ccc(O)cc1)NC(=O)C(CC(N)=O)NC(=O)C(N)CCCCN)C(=O)NC(Cc1cnc[nH]1)C(=O)NC(CS)C(=O)NC(C(N)=O)C(C)O. The first kappa shape index (κ1) is 64.2. The van der Waals surface area contributed by atoms with E-state index in [1.54, 1.807) is 13.8 Å². The number of rotatable bonds is 34. The number of amides is 12. The maximum atomic E-state index is 13.7. The van der Waals surface area contributed by atoms with Crippen LogP contribution < -0.4 is 76.5 Å². The van der Waals surface area contributed by atoms with Crippen LogP contribution in [-0.4, -0.2) is 171 Å². The Bertz CT molecular complexity index is 2340. The van der Waals surface area contributed by atoms with Crippen molar-refractivity contribution in [1.82, 2.24) is 57.8 Å². The molecule has 1 aromatic heterocycles. The smallest absolute Gasteiger partial charge is 0.244 e. The third kappa shape index (κ3) is 23.1. The Morgan fingerprint density at radius 1 is 0.618 bits per heavy atom. The summed E-state index contributed by atoms with van der Waals surface area (Å²) in [6.45, 7) is 2.97. The van der Waals surface area contributed by atoms with Crippen molar-refractivity contribution in [1.29, 1.82) is 0 Å². The van der Waals surface area contributed by atoms with Crippen molar-refractivity contribution in [2.24, 2.45) is 34.6 Å². The van der Waals surface area contributed by atoms with Gasteiger partial charge in [0.15, 0.2) is 0 Å². The van der Waals surface area contributed by atoms with Crippen LogP contribution in [0.4, 0.5) is 0 Å². The first-order valence-corrected chi connectivity index (χ1v) is 24.4. The maximum absolute atomic E-state index is 13.7. The summed E-state index contributed by atoms with van der Waals surface area (Å²) in [6.07, 6.45) is 0.628. The van der Waals surface area contributed by atoms with Crippen molar-refractivity contribution < 1.29 is 67.7 Å². The van der Waals surface area contributed by atoms with Crippen LogP contribution in [0.25, 0.3) is 0 Å². The molecular formula is C45H70N16O14S. The van der Waals surface area contributed by atoms with Gasteiger partial charge < -0.3 is 91.7 Å². The summed E-state index contributed by atoms with van der Waals surface area (Å²) in [5.74, 6) is -12.8. The number of nitrogens with two attached hydrogens (primary N) is 5. The third-order valence-corrected chi connectivity index (χ3v) is 11.4. The average Bonchev–Trinajstić information content (AvgIpc) is 3.87. The third-order valence-electron chi connectivity index (χ3n) is 11.0. The van der Waals surface area contributed by atoms with E-state index in [9.17, 15) is 67.7 Å². The highest BCUT2D eigenvalue weighted by Crippen LogP contribution is 2.13. The fourth-order valence-electron chi connectivity index (χ4n) is 6.91. The molecule has 0 spiro atoms. The van der Waals surface area contributed by atoms with E-state index in [1.807, 2.05) is 0 Å². The van der Waals surface area contributed by atoms with Gasteiger partial charge in [0.1, 0.15) is 48.0 Å². The van der Waals surface area contributed by atoms with Gasteiger partial charge in [-0.05, 0) is 49.9 Å². The molecule has 12 amide bonds. The number of primary amides is 3. The molecule has 30 nitrogen and oxygen atoms in total. The molecule has 0 bridgehead atoms. The molecule has 1 heterocycles. The van der Waals surface area contributed by atoms with Gasteiger partial charge in [-0.15, -0.1) is 0 Å². The van der Waals surface area contributed by atoms with Crippen molar-refractivity contribution in [2.75, 3.05) is 25.4 Å². The predicted octanol–water partition coefficient (Wildman–Crippen LogP) is -7.81. The molecule has 0 fully saturated rings. The number of aromatic hydroxyl groups is 1. The van der Waals surface area contributed by atoms with Crippen LogP contribution in [0, 0.1) is 5.92 Å². The second kappa shape index (κ2) is 32.4. The molecule has 0 aliphatic rings. The number of aliphatic hydroxyl groups is 1. The van der Waals surface area contributed by atoms with E-state index < -0.39 is 157 Å². The molecule has 9 unspecified atom stereocenters.